The van der Waals surface area contributed by atoms with E-state index in [1.165, 1.54) is 51.4 Å². The molecule has 0 aromatic heterocycles. The molecular formula is C14H30N2S. The van der Waals surface area contributed by atoms with Gasteiger partial charge in [0.15, 0.2) is 0 Å². The second-order valence-electron chi connectivity index (χ2n) is 4.86. The van der Waals surface area contributed by atoms with Crippen LogP contribution in [0.25, 0.3) is 0 Å². The largest absolute Gasteiger partial charge is 0.392 e. The maximum atomic E-state index is 5.60. The minimum absolute atomic E-state index is 0.626. The van der Waals surface area contributed by atoms with Crippen molar-refractivity contribution in [3.05, 3.63) is 0 Å². The van der Waals surface area contributed by atoms with Crippen LogP contribution in [0.4, 0.5) is 0 Å². The highest BCUT2D eigenvalue weighted by atomic mass is 32.1. The van der Waals surface area contributed by atoms with Crippen LogP contribution in [0.1, 0.15) is 65.2 Å². The van der Waals surface area contributed by atoms with Gasteiger partial charge in [-0.15, -0.1) is 0 Å². The molecule has 0 aliphatic rings. The summed E-state index contributed by atoms with van der Waals surface area (Å²) in [4.78, 5) is 3.01. The molecule has 0 amide bonds. The van der Waals surface area contributed by atoms with Gasteiger partial charge in [-0.1, -0.05) is 64.6 Å². The normalized spacial score (nSPS) is 11.0. The minimum Gasteiger partial charge on any atom is -0.392 e. The molecule has 0 saturated carbocycles. The summed E-state index contributed by atoms with van der Waals surface area (Å²) in [5.74, 6) is 0. The van der Waals surface area contributed by atoms with Gasteiger partial charge in [0, 0.05) is 6.54 Å². The molecule has 0 spiro atoms. The van der Waals surface area contributed by atoms with E-state index < -0.39 is 0 Å². The summed E-state index contributed by atoms with van der Waals surface area (Å²) >= 11 is 4.97. The Hall–Kier alpha value is -0.150. The lowest BCUT2D eigenvalue weighted by atomic mass is 10.1. The Morgan fingerprint density at radius 3 is 2.00 bits per heavy atom. The van der Waals surface area contributed by atoms with Crippen LogP contribution in [0.15, 0.2) is 0 Å². The molecule has 0 aromatic rings. The summed E-state index contributed by atoms with van der Waals surface area (Å²) < 4.78 is 0. The molecule has 0 bridgehead atoms. The maximum absolute atomic E-state index is 5.60. The number of nitrogens with zero attached hydrogens (tertiary/aromatic N) is 1. The first-order valence-corrected chi connectivity index (χ1v) is 7.62. The van der Waals surface area contributed by atoms with Gasteiger partial charge in [-0.2, -0.15) is 0 Å². The van der Waals surface area contributed by atoms with Gasteiger partial charge in [-0.25, -0.2) is 0 Å². The van der Waals surface area contributed by atoms with E-state index in [1.54, 1.807) is 0 Å². The molecule has 0 aliphatic carbocycles. The molecular weight excluding hydrogens is 228 g/mol. The zero-order chi connectivity index (χ0) is 12.9. The molecule has 2 N–H and O–H groups in total. The molecule has 3 heteroatoms. The molecule has 0 aromatic carbocycles. The van der Waals surface area contributed by atoms with Crippen molar-refractivity contribution in [3.63, 3.8) is 0 Å². The Kier molecular flexibility index (Phi) is 12.2. The van der Waals surface area contributed by atoms with Gasteiger partial charge >= 0.3 is 0 Å². The maximum Gasteiger partial charge on any atom is 0.0870 e. The predicted octanol–water partition coefficient (Wildman–Crippen LogP) is 3.74. The molecule has 2 nitrogen and oxygen atoms in total. The highest BCUT2D eigenvalue weighted by Gasteiger charge is 2.04. The van der Waals surface area contributed by atoms with Crippen LogP contribution < -0.4 is 5.73 Å². The zero-order valence-corrected chi connectivity index (χ0v) is 12.5. The van der Waals surface area contributed by atoms with Gasteiger partial charge in [-0.05, 0) is 25.9 Å². The standard InChI is InChI=1S/C14H30N2S/c1-3-5-6-7-8-9-10-12-16(11-4-2)13-14(15)17/h3-13H2,1-2H3,(H2,15,17). The minimum atomic E-state index is 0.626. The Morgan fingerprint density at radius 2 is 1.47 bits per heavy atom. The van der Waals surface area contributed by atoms with E-state index in [9.17, 15) is 0 Å². The fourth-order valence-corrected chi connectivity index (χ4v) is 2.28. The summed E-state index contributed by atoms with van der Waals surface area (Å²) in [5, 5.41) is 0. The highest BCUT2D eigenvalue weighted by Crippen LogP contribution is 2.07. The number of hydrogen-bond donors (Lipinski definition) is 1. The van der Waals surface area contributed by atoms with Crippen molar-refractivity contribution in [2.75, 3.05) is 19.6 Å². The van der Waals surface area contributed by atoms with Crippen LogP contribution in [0, 0.1) is 0 Å². The Morgan fingerprint density at radius 1 is 0.882 bits per heavy atom. The van der Waals surface area contributed by atoms with Gasteiger partial charge in [0.2, 0.25) is 0 Å². The fraction of sp³-hybridized carbons (Fsp3) is 0.929. The van der Waals surface area contributed by atoms with E-state index in [-0.39, 0.29) is 0 Å². The average Bonchev–Trinajstić information content (AvgIpc) is 2.27. The van der Waals surface area contributed by atoms with E-state index in [1.807, 2.05) is 0 Å². The van der Waals surface area contributed by atoms with Crippen molar-refractivity contribution in [3.8, 4) is 0 Å². The molecule has 0 fully saturated rings. The average molecular weight is 258 g/mol. The van der Waals surface area contributed by atoms with E-state index in [0.29, 0.717) is 4.99 Å². The lowest BCUT2D eigenvalue weighted by Crippen LogP contribution is -2.34. The lowest BCUT2D eigenvalue weighted by Gasteiger charge is -2.20. The summed E-state index contributed by atoms with van der Waals surface area (Å²) in [7, 11) is 0. The topological polar surface area (TPSA) is 29.3 Å². The van der Waals surface area contributed by atoms with Crippen LogP contribution >= 0.6 is 12.2 Å². The summed E-state index contributed by atoms with van der Waals surface area (Å²) in [6.45, 7) is 7.53. The van der Waals surface area contributed by atoms with Crippen LogP contribution in [0.3, 0.4) is 0 Å². The van der Waals surface area contributed by atoms with Crippen LogP contribution in [-0.4, -0.2) is 29.5 Å². The van der Waals surface area contributed by atoms with E-state index >= 15 is 0 Å². The van der Waals surface area contributed by atoms with E-state index in [0.717, 1.165) is 19.6 Å². The number of hydrogen-bond acceptors (Lipinski definition) is 2. The van der Waals surface area contributed by atoms with Crippen molar-refractivity contribution in [2.45, 2.75) is 65.2 Å². The van der Waals surface area contributed by atoms with Crippen LogP contribution in [0.2, 0.25) is 0 Å². The van der Waals surface area contributed by atoms with Gasteiger partial charge in [0.1, 0.15) is 0 Å². The number of rotatable bonds is 12. The Balaban J connectivity index is 3.43. The monoisotopic (exact) mass is 258 g/mol. The predicted molar refractivity (Wildman–Crippen MR) is 81.5 cm³/mol. The van der Waals surface area contributed by atoms with Gasteiger partial charge in [0.05, 0.1) is 4.99 Å². The molecule has 17 heavy (non-hydrogen) atoms. The number of thiocarbonyl (C=S) groups is 1. The SMILES string of the molecule is CCCCCCCCCN(CCC)CC(N)=S. The third-order valence-corrected chi connectivity index (χ3v) is 3.13. The molecule has 0 saturated heterocycles. The summed E-state index contributed by atoms with van der Waals surface area (Å²) in [6.07, 6.45) is 10.7. The van der Waals surface area contributed by atoms with Gasteiger partial charge in [0.25, 0.3) is 0 Å². The van der Waals surface area contributed by atoms with Crippen LogP contribution in [-0.2, 0) is 0 Å². The third-order valence-electron chi connectivity index (χ3n) is 3.00. The van der Waals surface area contributed by atoms with E-state index in [2.05, 4.69) is 18.7 Å². The molecule has 102 valence electrons. The smallest absolute Gasteiger partial charge is 0.0870 e. The summed E-state index contributed by atoms with van der Waals surface area (Å²) in [5.41, 5.74) is 5.60. The van der Waals surface area contributed by atoms with Crippen molar-refractivity contribution < 1.29 is 0 Å². The van der Waals surface area contributed by atoms with Crippen LogP contribution in [0.5, 0.6) is 0 Å². The summed E-state index contributed by atoms with van der Waals surface area (Å²) in [6, 6.07) is 0. The van der Waals surface area contributed by atoms with Gasteiger partial charge in [-0.3, -0.25) is 4.90 Å². The van der Waals surface area contributed by atoms with Crippen molar-refractivity contribution in [1.29, 1.82) is 0 Å². The van der Waals surface area contributed by atoms with Gasteiger partial charge < -0.3 is 5.73 Å². The second kappa shape index (κ2) is 12.3. The zero-order valence-electron chi connectivity index (χ0n) is 11.7. The molecule has 0 heterocycles. The van der Waals surface area contributed by atoms with Crippen molar-refractivity contribution in [2.24, 2.45) is 5.73 Å². The first-order chi connectivity index (χ1) is 8.20. The van der Waals surface area contributed by atoms with Crippen molar-refractivity contribution in [1.82, 2.24) is 4.90 Å². The number of nitrogens with two attached hydrogens (primary N) is 1. The molecule has 0 radical (unpaired) electrons. The molecule has 0 atom stereocenters. The first-order valence-electron chi connectivity index (χ1n) is 7.21. The highest BCUT2D eigenvalue weighted by molar-refractivity contribution is 7.80. The molecule has 0 aliphatic heterocycles. The first kappa shape index (κ1) is 16.9. The van der Waals surface area contributed by atoms with Crippen molar-refractivity contribution >= 4 is 17.2 Å². The molecule has 0 unspecified atom stereocenters. The fourth-order valence-electron chi connectivity index (χ4n) is 2.10. The third kappa shape index (κ3) is 12.1. The Labute approximate surface area is 113 Å². The quantitative estimate of drug-likeness (QED) is 0.427. The lowest BCUT2D eigenvalue weighted by molar-refractivity contribution is 0.303. The second-order valence-corrected chi connectivity index (χ2v) is 5.39. The van der Waals surface area contributed by atoms with E-state index in [4.69, 9.17) is 18.0 Å². The molecule has 0 rings (SSSR count). The Bertz CT molecular complexity index is 183. The number of unbranched alkanes of at least 4 members (excludes halogenated alkanes) is 6.